The normalized spacial score (nSPS) is 10.7. The summed E-state index contributed by atoms with van der Waals surface area (Å²) in [5, 5.41) is 11.4. The lowest BCUT2D eigenvalue weighted by Crippen LogP contribution is -2.25. The molecule has 0 atom stereocenters. The first-order valence-electron chi connectivity index (χ1n) is 5.62. The molecule has 0 bridgehead atoms. The first-order chi connectivity index (χ1) is 9.02. The first-order valence-corrected chi connectivity index (χ1v) is 5.62. The van der Waals surface area contributed by atoms with Crippen LogP contribution in [0.1, 0.15) is 16.2 Å². The zero-order valence-corrected chi connectivity index (χ0v) is 10.9. The van der Waals surface area contributed by atoms with E-state index in [1.807, 2.05) is 6.92 Å². The minimum atomic E-state index is -0.487. The highest BCUT2D eigenvalue weighted by atomic mass is 16.5. The molecule has 0 amide bonds. The zero-order chi connectivity index (χ0) is 14.0. The third kappa shape index (κ3) is 2.54. The van der Waals surface area contributed by atoms with Gasteiger partial charge in [-0.15, -0.1) is 0 Å². The summed E-state index contributed by atoms with van der Waals surface area (Å²) in [5.41, 5.74) is 0.752. The lowest BCUT2D eigenvalue weighted by Gasteiger charge is -2.02. The van der Waals surface area contributed by atoms with E-state index >= 15 is 0 Å². The van der Waals surface area contributed by atoms with Crippen molar-refractivity contribution in [1.82, 2.24) is 29.6 Å². The molecule has 0 saturated carbocycles. The SMILES string of the molecule is COC(=O)c1cc(C)n(CCn2nnn(C)c2=O)n1. The Balaban J connectivity index is 2.12. The number of methoxy groups -OCH3 is 1. The van der Waals surface area contributed by atoms with E-state index in [1.54, 1.807) is 10.7 Å². The Bertz CT molecular complexity index is 653. The van der Waals surface area contributed by atoms with Crippen LogP contribution in [0, 0.1) is 6.92 Å². The quantitative estimate of drug-likeness (QED) is 0.656. The minimum absolute atomic E-state index is 0.242. The minimum Gasteiger partial charge on any atom is -0.464 e. The molecule has 19 heavy (non-hydrogen) atoms. The number of carbonyl (C=O) groups excluding carboxylic acids is 1. The Morgan fingerprint density at radius 2 is 2.00 bits per heavy atom. The lowest BCUT2D eigenvalue weighted by molar-refractivity contribution is 0.0593. The fourth-order valence-corrected chi connectivity index (χ4v) is 1.62. The Hall–Kier alpha value is -2.45. The summed E-state index contributed by atoms with van der Waals surface area (Å²) < 4.78 is 8.60. The zero-order valence-electron chi connectivity index (χ0n) is 10.9. The van der Waals surface area contributed by atoms with Crippen LogP contribution in [0.5, 0.6) is 0 Å². The molecule has 0 radical (unpaired) electrons. The second kappa shape index (κ2) is 5.04. The lowest BCUT2D eigenvalue weighted by atomic mass is 10.4. The summed E-state index contributed by atoms with van der Waals surface area (Å²) in [5.74, 6) is -0.487. The van der Waals surface area contributed by atoms with Gasteiger partial charge in [-0.25, -0.2) is 9.59 Å². The van der Waals surface area contributed by atoms with E-state index in [-0.39, 0.29) is 11.4 Å². The summed E-state index contributed by atoms with van der Waals surface area (Å²) in [4.78, 5) is 22.9. The molecular weight excluding hydrogens is 252 g/mol. The standard InChI is InChI=1S/C10H14N6O3/c1-7-6-8(9(17)19-3)11-15(7)4-5-16-10(18)14(2)12-13-16/h6H,4-5H2,1-3H3. The molecular formula is C10H14N6O3. The van der Waals surface area contributed by atoms with Gasteiger partial charge in [-0.3, -0.25) is 4.68 Å². The molecule has 102 valence electrons. The summed E-state index contributed by atoms with van der Waals surface area (Å²) in [6.07, 6.45) is 0. The third-order valence-electron chi connectivity index (χ3n) is 2.68. The van der Waals surface area contributed by atoms with Gasteiger partial charge >= 0.3 is 11.7 Å². The molecule has 2 rings (SSSR count). The van der Waals surface area contributed by atoms with Gasteiger partial charge in [0.25, 0.3) is 0 Å². The molecule has 0 aliphatic rings. The number of rotatable bonds is 4. The number of hydrogen-bond acceptors (Lipinski definition) is 6. The number of tetrazole rings is 1. The van der Waals surface area contributed by atoms with Crippen molar-refractivity contribution in [3.63, 3.8) is 0 Å². The van der Waals surface area contributed by atoms with E-state index in [9.17, 15) is 9.59 Å². The Labute approximate surface area is 108 Å². The number of aryl methyl sites for hydroxylation is 4. The van der Waals surface area contributed by atoms with Gasteiger partial charge in [-0.2, -0.15) is 14.5 Å². The van der Waals surface area contributed by atoms with Crippen molar-refractivity contribution in [1.29, 1.82) is 0 Å². The number of nitrogens with zero attached hydrogens (tertiary/aromatic N) is 6. The summed E-state index contributed by atoms with van der Waals surface area (Å²) >= 11 is 0. The third-order valence-corrected chi connectivity index (χ3v) is 2.68. The monoisotopic (exact) mass is 266 g/mol. The average molecular weight is 266 g/mol. The van der Waals surface area contributed by atoms with Crippen molar-refractivity contribution >= 4 is 5.97 Å². The summed E-state index contributed by atoms with van der Waals surface area (Å²) in [6.45, 7) is 2.57. The molecule has 0 spiro atoms. The van der Waals surface area contributed by atoms with Gasteiger partial charge in [-0.1, -0.05) is 0 Å². The number of esters is 1. The van der Waals surface area contributed by atoms with Crippen LogP contribution in [0.3, 0.4) is 0 Å². The second-order valence-electron chi connectivity index (χ2n) is 3.99. The molecule has 0 unspecified atom stereocenters. The fourth-order valence-electron chi connectivity index (χ4n) is 1.62. The van der Waals surface area contributed by atoms with E-state index in [2.05, 4.69) is 20.3 Å². The summed E-state index contributed by atoms with van der Waals surface area (Å²) in [7, 11) is 2.83. The average Bonchev–Trinajstić information content (AvgIpc) is 2.92. The molecule has 0 N–H and O–H groups in total. The molecule has 2 aromatic rings. The van der Waals surface area contributed by atoms with Crippen LogP contribution in [-0.2, 0) is 24.9 Å². The number of ether oxygens (including phenoxy) is 1. The van der Waals surface area contributed by atoms with Crippen molar-refractivity contribution in [2.45, 2.75) is 20.0 Å². The van der Waals surface area contributed by atoms with E-state index in [0.29, 0.717) is 13.1 Å². The molecule has 0 saturated heterocycles. The van der Waals surface area contributed by atoms with Gasteiger partial charge in [0, 0.05) is 12.7 Å². The Kier molecular flexibility index (Phi) is 3.45. The van der Waals surface area contributed by atoms with Crippen molar-refractivity contribution in [2.24, 2.45) is 7.05 Å². The molecule has 0 fully saturated rings. The van der Waals surface area contributed by atoms with Gasteiger partial charge < -0.3 is 4.74 Å². The van der Waals surface area contributed by atoms with E-state index in [4.69, 9.17) is 0 Å². The maximum Gasteiger partial charge on any atom is 0.363 e. The molecule has 0 aromatic carbocycles. The topological polar surface area (TPSA) is 96.8 Å². The largest absolute Gasteiger partial charge is 0.464 e. The molecule has 2 aromatic heterocycles. The van der Waals surface area contributed by atoms with Gasteiger partial charge in [0.2, 0.25) is 0 Å². The number of carbonyl (C=O) groups is 1. The van der Waals surface area contributed by atoms with Gasteiger partial charge in [0.15, 0.2) is 5.69 Å². The van der Waals surface area contributed by atoms with Crippen molar-refractivity contribution in [3.05, 3.63) is 27.9 Å². The number of aromatic nitrogens is 6. The van der Waals surface area contributed by atoms with E-state index in [1.165, 1.54) is 18.8 Å². The van der Waals surface area contributed by atoms with Crippen LogP contribution in [0.15, 0.2) is 10.9 Å². The van der Waals surface area contributed by atoms with Crippen molar-refractivity contribution < 1.29 is 9.53 Å². The molecule has 0 aliphatic carbocycles. The first kappa shape index (κ1) is 13.0. The predicted octanol–water partition coefficient (Wildman–Crippen LogP) is -1.03. The van der Waals surface area contributed by atoms with Crippen LogP contribution >= 0.6 is 0 Å². The maximum absolute atomic E-state index is 11.5. The van der Waals surface area contributed by atoms with E-state index < -0.39 is 5.97 Å². The van der Waals surface area contributed by atoms with Gasteiger partial charge in [0.05, 0.1) is 20.2 Å². The van der Waals surface area contributed by atoms with Crippen molar-refractivity contribution in [2.75, 3.05) is 7.11 Å². The van der Waals surface area contributed by atoms with Gasteiger partial charge in [-0.05, 0) is 23.4 Å². The highest BCUT2D eigenvalue weighted by Gasteiger charge is 2.12. The Morgan fingerprint density at radius 1 is 1.32 bits per heavy atom. The predicted molar refractivity (Wildman–Crippen MR) is 63.6 cm³/mol. The Morgan fingerprint density at radius 3 is 2.58 bits per heavy atom. The summed E-state index contributed by atoms with van der Waals surface area (Å²) in [6, 6.07) is 1.63. The number of hydrogen-bond donors (Lipinski definition) is 0. The van der Waals surface area contributed by atoms with E-state index in [0.717, 1.165) is 10.4 Å². The molecule has 2 heterocycles. The van der Waals surface area contributed by atoms with Crippen LogP contribution in [-0.4, -0.2) is 42.6 Å². The van der Waals surface area contributed by atoms with Crippen LogP contribution in [0.4, 0.5) is 0 Å². The molecule has 9 heteroatoms. The molecule has 9 nitrogen and oxygen atoms in total. The van der Waals surface area contributed by atoms with Crippen LogP contribution in [0.2, 0.25) is 0 Å². The van der Waals surface area contributed by atoms with Crippen LogP contribution in [0.25, 0.3) is 0 Å². The van der Waals surface area contributed by atoms with Gasteiger partial charge in [0.1, 0.15) is 0 Å². The van der Waals surface area contributed by atoms with Crippen LogP contribution < -0.4 is 5.69 Å². The highest BCUT2D eigenvalue weighted by Crippen LogP contribution is 2.04. The fraction of sp³-hybridized carbons (Fsp3) is 0.500. The molecule has 0 aliphatic heterocycles. The highest BCUT2D eigenvalue weighted by molar-refractivity contribution is 5.87. The smallest absolute Gasteiger partial charge is 0.363 e. The second-order valence-corrected chi connectivity index (χ2v) is 3.99. The maximum atomic E-state index is 11.5. The van der Waals surface area contributed by atoms with Crippen molar-refractivity contribution in [3.8, 4) is 0 Å².